The van der Waals surface area contributed by atoms with Crippen molar-refractivity contribution in [2.75, 3.05) is 5.32 Å². The summed E-state index contributed by atoms with van der Waals surface area (Å²) in [5, 5.41) is 5.75. The Hall–Kier alpha value is -2.56. The minimum atomic E-state index is -0.279. The smallest absolute Gasteiger partial charge is 0.291 e. The van der Waals surface area contributed by atoms with Crippen molar-refractivity contribution < 1.29 is 14.0 Å². The van der Waals surface area contributed by atoms with E-state index >= 15 is 0 Å². The zero-order valence-electron chi connectivity index (χ0n) is 15.0. The van der Waals surface area contributed by atoms with Crippen LogP contribution in [0.4, 0.5) is 5.69 Å². The Labute approximate surface area is 154 Å². The van der Waals surface area contributed by atoms with E-state index in [9.17, 15) is 9.59 Å². The van der Waals surface area contributed by atoms with Crippen molar-refractivity contribution in [3.05, 3.63) is 54.0 Å². The minimum absolute atomic E-state index is 0.116. The Morgan fingerprint density at radius 1 is 1.04 bits per heavy atom. The molecule has 26 heavy (non-hydrogen) atoms. The summed E-state index contributed by atoms with van der Waals surface area (Å²) < 4.78 is 5.06. The second kappa shape index (κ2) is 9.22. The summed E-state index contributed by atoms with van der Waals surface area (Å²) >= 11 is 0. The Balaban J connectivity index is 1.39. The molecule has 1 saturated carbocycles. The van der Waals surface area contributed by atoms with Crippen molar-refractivity contribution in [2.24, 2.45) is 5.92 Å². The zero-order chi connectivity index (χ0) is 18.2. The summed E-state index contributed by atoms with van der Waals surface area (Å²) in [4.78, 5) is 23.9. The van der Waals surface area contributed by atoms with Crippen molar-refractivity contribution >= 4 is 17.5 Å². The molecule has 2 N–H and O–H groups in total. The van der Waals surface area contributed by atoms with E-state index in [4.69, 9.17) is 4.42 Å². The van der Waals surface area contributed by atoms with Gasteiger partial charge in [0.1, 0.15) is 0 Å². The van der Waals surface area contributed by atoms with E-state index in [0.29, 0.717) is 18.7 Å². The fourth-order valence-electron chi connectivity index (χ4n) is 3.41. The summed E-state index contributed by atoms with van der Waals surface area (Å²) in [7, 11) is 0. The predicted octanol–water partition coefficient (Wildman–Crippen LogP) is 4.51. The monoisotopic (exact) mass is 354 g/mol. The third-order valence-corrected chi connectivity index (χ3v) is 4.95. The highest BCUT2D eigenvalue weighted by Crippen LogP contribution is 2.27. The molecule has 2 amide bonds. The first-order valence-electron chi connectivity index (χ1n) is 9.41. The molecule has 0 aliphatic heterocycles. The molecule has 1 heterocycles. The molecule has 0 spiro atoms. The summed E-state index contributed by atoms with van der Waals surface area (Å²) in [6.07, 6.45) is 9.61. The van der Waals surface area contributed by atoms with E-state index < -0.39 is 0 Å². The highest BCUT2D eigenvalue weighted by atomic mass is 16.3. The molecule has 1 aromatic heterocycles. The van der Waals surface area contributed by atoms with Gasteiger partial charge in [0.2, 0.25) is 5.91 Å². The van der Waals surface area contributed by atoms with Gasteiger partial charge in [0.25, 0.3) is 5.91 Å². The number of rotatable bonds is 7. The van der Waals surface area contributed by atoms with Crippen LogP contribution in [0.15, 0.2) is 47.1 Å². The number of hydrogen-bond acceptors (Lipinski definition) is 3. The van der Waals surface area contributed by atoms with Crippen LogP contribution >= 0.6 is 0 Å². The molecule has 5 nitrogen and oxygen atoms in total. The third-order valence-electron chi connectivity index (χ3n) is 4.95. The molecule has 138 valence electrons. The lowest BCUT2D eigenvalue weighted by Gasteiger charge is -2.21. The quantitative estimate of drug-likeness (QED) is 0.768. The SMILES string of the molecule is O=C(CCC1CCCCC1)NCc1ccc(NC(=O)c2ccco2)cc1. The molecule has 0 bridgehead atoms. The van der Waals surface area contributed by atoms with Gasteiger partial charge >= 0.3 is 0 Å². The Bertz CT molecular complexity index is 701. The molecular formula is C21H26N2O3. The van der Waals surface area contributed by atoms with Gasteiger partial charge in [-0.3, -0.25) is 9.59 Å². The van der Waals surface area contributed by atoms with Crippen molar-refractivity contribution in [1.82, 2.24) is 5.32 Å². The molecule has 0 unspecified atom stereocenters. The average Bonchev–Trinajstić information content (AvgIpc) is 3.22. The molecular weight excluding hydrogens is 328 g/mol. The first-order valence-corrected chi connectivity index (χ1v) is 9.41. The molecule has 3 rings (SSSR count). The van der Waals surface area contributed by atoms with Crippen LogP contribution in [0.3, 0.4) is 0 Å². The largest absolute Gasteiger partial charge is 0.459 e. The molecule has 0 radical (unpaired) electrons. The van der Waals surface area contributed by atoms with Gasteiger partial charge in [-0.05, 0) is 42.2 Å². The van der Waals surface area contributed by atoms with Gasteiger partial charge in [-0.25, -0.2) is 0 Å². The van der Waals surface area contributed by atoms with E-state index in [2.05, 4.69) is 10.6 Å². The van der Waals surface area contributed by atoms with Gasteiger partial charge in [0.05, 0.1) is 6.26 Å². The lowest BCUT2D eigenvalue weighted by molar-refractivity contribution is -0.121. The molecule has 0 atom stereocenters. The minimum Gasteiger partial charge on any atom is -0.459 e. The van der Waals surface area contributed by atoms with Crippen LogP contribution in [-0.4, -0.2) is 11.8 Å². The van der Waals surface area contributed by atoms with E-state index in [1.165, 1.54) is 38.4 Å². The second-order valence-corrected chi connectivity index (χ2v) is 6.95. The maximum Gasteiger partial charge on any atom is 0.291 e. The van der Waals surface area contributed by atoms with E-state index in [1.54, 1.807) is 12.1 Å². The standard InChI is InChI=1S/C21H26N2O3/c24-20(13-10-16-5-2-1-3-6-16)22-15-17-8-11-18(12-9-17)23-21(25)19-7-4-14-26-19/h4,7-9,11-12,14,16H,1-3,5-6,10,13,15H2,(H,22,24)(H,23,25). The van der Waals surface area contributed by atoms with E-state index in [1.807, 2.05) is 24.3 Å². The van der Waals surface area contributed by atoms with Crippen LogP contribution in [0.2, 0.25) is 0 Å². The number of benzene rings is 1. The topological polar surface area (TPSA) is 71.3 Å². The van der Waals surface area contributed by atoms with Crippen LogP contribution in [0.1, 0.15) is 61.1 Å². The molecule has 0 saturated heterocycles. The van der Waals surface area contributed by atoms with Gasteiger partial charge in [-0.15, -0.1) is 0 Å². The Morgan fingerprint density at radius 2 is 1.81 bits per heavy atom. The first-order chi connectivity index (χ1) is 12.7. The molecule has 1 aliphatic rings. The van der Waals surface area contributed by atoms with Crippen LogP contribution in [0.25, 0.3) is 0 Å². The highest BCUT2D eigenvalue weighted by Gasteiger charge is 2.14. The van der Waals surface area contributed by atoms with Crippen LogP contribution in [-0.2, 0) is 11.3 Å². The Kier molecular flexibility index (Phi) is 6.47. The van der Waals surface area contributed by atoms with E-state index in [-0.39, 0.29) is 17.6 Å². The van der Waals surface area contributed by atoms with Crippen LogP contribution in [0, 0.1) is 5.92 Å². The Morgan fingerprint density at radius 3 is 2.50 bits per heavy atom. The lowest BCUT2D eigenvalue weighted by Crippen LogP contribution is -2.23. The molecule has 1 aromatic carbocycles. The molecule has 5 heteroatoms. The maximum atomic E-state index is 12.0. The van der Waals surface area contributed by atoms with Crippen LogP contribution < -0.4 is 10.6 Å². The lowest BCUT2D eigenvalue weighted by atomic mass is 9.86. The van der Waals surface area contributed by atoms with Crippen molar-refractivity contribution in [1.29, 1.82) is 0 Å². The third kappa shape index (κ3) is 5.48. The van der Waals surface area contributed by atoms with Crippen molar-refractivity contribution in [3.63, 3.8) is 0 Å². The number of hydrogen-bond donors (Lipinski definition) is 2. The fraction of sp³-hybridized carbons (Fsp3) is 0.429. The van der Waals surface area contributed by atoms with Crippen molar-refractivity contribution in [2.45, 2.75) is 51.5 Å². The van der Waals surface area contributed by atoms with Gasteiger partial charge in [-0.1, -0.05) is 44.2 Å². The number of anilines is 1. The molecule has 2 aromatic rings. The van der Waals surface area contributed by atoms with Crippen LogP contribution in [0.5, 0.6) is 0 Å². The zero-order valence-corrected chi connectivity index (χ0v) is 15.0. The number of furan rings is 1. The first kappa shape index (κ1) is 18.2. The normalized spacial score (nSPS) is 14.8. The summed E-state index contributed by atoms with van der Waals surface area (Å²) in [6, 6.07) is 10.7. The number of carbonyl (C=O) groups excluding carboxylic acids is 2. The van der Waals surface area contributed by atoms with E-state index in [0.717, 1.165) is 17.9 Å². The van der Waals surface area contributed by atoms with Gasteiger partial charge in [-0.2, -0.15) is 0 Å². The number of nitrogens with one attached hydrogen (secondary N) is 2. The van der Waals surface area contributed by atoms with Crippen molar-refractivity contribution in [3.8, 4) is 0 Å². The second-order valence-electron chi connectivity index (χ2n) is 6.95. The highest BCUT2D eigenvalue weighted by molar-refractivity contribution is 6.02. The summed E-state index contributed by atoms with van der Waals surface area (Å²) in [5.41, 5.74) is 1.70. The number of carbonyl (C=O) groups is 2. The fourth-order valence-corrected chi connectivity index (χ4v) is 3.41. The average molecular weight is 354 g/mol. The molecule has 1 fully saturated rings. The number of amides is 2. The van der Waals surface area contributed by atoms with Gasteiger partial charge < -0.3 is 15.1 Å². The molecule has 1 aliphatic carbocycles. The van der Waals surface area contributed by atoms with Gasteiger partial charge in [0.15, 0.2) is 5.76 Å². The van der Waals surface area contributed by atoms with Gasteiger partial charge in [0, 0.05) is 18.7 Å². The maximum absolute atomic E-state index is 12.0. The summed E-state index contributed by atoms with van der Waals surface area (Å²) in [6.45, 7) is 0.510. The summed E-state index contributed by atoms with van der Waals surface area (Å²) in [5.74, 6) is 0.843. The predicted molar refractivity (Wildman–Crippen MR) is 101 cm³/mol.